The minimum absolute atomic E-state index is 0.116. The molecule has 0 aliphatic rings. The zero-order chi connectivity index (χ0) is 18.4. The molecule has 0 N–H and O–H groups in total. The zero-order valence-corrected chi connectivity index (χ0v) is 15.8. The molecule has 25 heavy (non-hydrogen) atoms. The fourth-order valence-corrected chi connectivity index (χ4v) is 3.60. The summed E-state index contributed by atoms with van der Waals surface area (Å²) in [6.07, 6.45) is 1.62. The first-order valence-electron chi connectivity index (χ1n) is 8.35. The van der Waals surface area contributed by atoms with Gasteiger partial charge in [0.15, 0.2) is 0 Å². The van der Waals surface area contributed by atoms with Crippen molar-refractivity contribution in [2.45, 2.75) is 34.1 Å². The molecule has 8 heteroatoms. The summed E-state index contributed by atoms with van der Waals surface area (Å²) < 4.78 is 10.5. The smallest absolute Gasteiger partial charge is 0.307 e. The molecule has 0 aromatic carbocycles. The molecule has 7 nitrogen and oxygen atoms in total. The topological polar surface area (TPSA) is 81.6 Å². The summed E-state index contributed by atoms with van der Waals surface area (Å²) in [7, 11) is 0. The fraction of sp³-hybridized carbons (Fsp3) is 0.529. The first-order valence-corrected chi connectivity index (χ1v) is 9.16. The lowest BCUT2D eigenvalue weighted by atomic mass is 10.2. The Morgan fingerprint density at radius 3 is 2.60 bits per heavy atom. The summed E-state index contributed by atoms with van der Waals surface area (Å²) in [6.45, 7) is 9.07. The SMILES string of the molecule is CCOC(=O)CCN(CC)C(=O)c1sc2ncnc(OCC)c2c1C. The Kier molecular flexibility index (Phi) is 6.69. The molecule has 1 amide bonds. The summed E-state index contributed by atoms with van der Waals surface area (Å²) in [5.41, 5.74) is 0.809. The van der Waals surface area contributed by atoms with Crippen LogP contribution in [-0.4, -0.2) is 53.0 Å². The average Bonchev–Trinajstić information content (AvgIpc) is 2.93. The summed E-state index contributed by atoms with van der Waals surface area (Å²) in [5, 5.41) is 0.777. The number of aryl methyl sites for hydroxylation is 1. The lowest BCUT2D eigenvalue weighted by Gasteiger charge is -2.20. The fourth-order valence-electron chi connectivity index (χ4n) is 2.50. The van der Waals surface area contributed by atoms with E-state index in [0.717, 1.165) is 15.8 Å². The number of carbonyl (C=O) groups excluding carboxylic acids is 2. The molecule has 0 fully saturated rings. The van der Waals surface area contributed by atoms with Gasteiger partial charge in [-0.1, -0.05) is 0 Å². The molecular weight excluding hydrogens is 342 g/mol. The van der Waals surface area contributed by atoms with Crippen molar-refractivity contribution >= 4 is 33.4 Å². The average molecular weight is 365 g/mol. The number of esters is 1. The number of thiophene rings is 1. The lowest BCUT2D eigenvalue weighted by molar-refractivity contribution is -0.143. The molecule has 0 saturated carbocycles. The third kappa shape index (κ3) is 4.25. The van der Waals surface area contributed by atoms with Crippen LogP contribution in [-0.2, 0) is 9.53 Å². The van der Waals surface area contributed by atoms with Gasteiger partial charge in [0.25, 0.3) is 5.91 Å². The first-order chi connectivity index (χ1) is 12.0. The van der Waals surface area contributed by atoms with Gasteiger partial charge < -0.3 is 14.4 Å². The maximum Gasteiger partial charge on any atom is 0.307 e. The highest BCUT2D eigenvalue weighted by atomic mass is 32.1. The maximum atomic E-state index is 12.9. The standard InChI is InChI=1S/C17H23N3O4S/c1-5-20(9-8-12(21)23-6-2)17(22)14-11(4)13-15(24-7-3)18-10-19-16(13)25-14/h10H,5-9H2,1-4H3. The number of hydrogen-bond acceptors (Lipinski definition) is 7. The molecular formula is C17H23N3O4S. The van der Waals surface area contributed by atoms with Crippen molar-refractivity contribution in [3.8, 4) is 5.88 Å². The van der Waals surface area contributed by atoms with E-state index < -0.39 is 0 Å². The molecule has 0 radical (unpaired) electrons. The minimum Gasteiger partial charge on any atom is -0.477 e. The van der Waals surface area contributed by atoms with Gasteiger partial charge >= 0.3 is 5.97 Å². The number of fused-ring (bicyclic) bond motifs is 1. The van der Waals surface area contributed by atoms with Crippen LogP contribution in [0.3, 0.4) is 0 Å². The van der Waals surface area contributed by atoms with Crippen LogP contribution in [0.1, 0.15) is 42.4 Å². The van der Waals surface area contributed by atoms with Crippen molar-refractivity contribution in [3.05, 3.63) is 16.8 Å². The second-order valence-electron chi connectivity index (χ2n) is 5.29. The molecule has 0 spiro atoms. The number of rotatable bonds is 8. The molecule has 2 rings (SSSR count). The van der Waals surface area contributed by atoms with E-state index in [0.29, 0.717) is 37.1 Å². The van der Waals surface area contributed by atoms with Gasteiger partial charge in [0, 0.05) is 13.1 Å². The van der Waals surface area contributed by atoms with Gasteiger partial charge in [-0.25, -0.2) is 9.97 Å². The highest BCUT2D eigenvalue weighted by Crippen LogP contribution is 2.35. The summed E-state index contributed by atoms with van der Waals surface area (Å²) in [6, 6.07) is 0. The predicted molar refractivity (Wildman–Crippen MR) is 96.1 cm³/mol. The Morgan fingerprint density at radius 1 is 1.20 bits per heavy atom. The van der Waals surface area contributed by atoms with Crippen molar-refractivity contribution in [1.82, 2.24) is 14.9 Å². The predicted octanol–water partition coefficient (Wildman–Crippen LogP) is 2.81. The van der Waals surface area contributed by atoms with E-state index in [1.165, 1.54) is 17.7 Å². The van der Waals surface area contributed by atoms with E-state index in [1.807, 2.05) is 20.8 Å². The van der Waals surface area contributed by atoms with Crippen molar-refractivity contribution in [2.24, 2.45) is 0 Å². The van der Waals surface area contributed by atoms with E-state index >= 15 is 0 Å². The Labute approximate surface area is 151 Å². The second-order valence-corrected chi connectivity index (χ2v) is 6.29. The quantitative estimate of drug-likeness (QED) is 0.669. The van der Waals surface area contributed by atoms with Crippen LogP contribution in [0.5, 0.6) is 5.88 Å². The van der Waals surface area contributed by atoms with Crippen molar-refractivity contribution in [3.63, 3.8) is 0 Å². The number of aromatic nitrogens is 2. The molecule has 0 bridgehead atoms. The van der Waals surface area contributed by atoms with Gasteiger partial charge in [-0.2, -0.15) is 0 Å². The van der Waals surface area contributed by atoms with Gasteiger partial charge in [0.2, 0.25) is 5.88 Å². The number of carbonyl (C=O) groups is 2. The normalized spacial score (nSPS) is 10.7. The third-order valence-electron chi connectivity index (χ3n) is 3.73. The van der Waals surface area contributed by atoms with Crippen LogP contribution in [0.25, 0.3) is 10.2 Å². The molecule has 0 aliphatic heterocycles. The number of ether oxygens (including phenoxy) is 2. The molecule has 0 aliphatic carbocycles. The van der Waals surface area contributed by atoms with E-state index in [4.69, 9.17) is 9.47 Å². The van der Waals surface area contributed by atoms with Crippen LogP contribution >= 0.6 is 11.3 Å². The molecule has 0 unspecified atom stereocenters. The molecule has 0 saturated heterocycles. The monoisotopic (exact) mass is 365 g/mol. The summed E-state index contributed by atoms with van der Waals surface area (Å²) in [5.74, 6) is 0.0796. The molecule has 136 valence electrons. The lowest BCUT2D eigenvalue weighted by Crippen LogP contribution is -2.33. The third-order valence-corrected chi connectivity index (χ3v) is 4.92. The van der Waals surface area contributed by atoms with Crippen LogP contribution in [0.2, 0.25) is 0 Å². The van der Waals surface area contributed by atoms with Crippen LogP contribution in [0.4, 0.5) is 0 Å². The number of hydrogen-bond donors (Lipinski definition) is 0. The largest absolute Gasteiger partial charge is 0.477 e. The first kappa shape index (κ1) is 19.1. The molecule has 2 aromatic heterocycles. The zero-order valence-electron chi connectivity index (χ0n) is 15.0. The van der Waals surface area contributed by atoms with E-state index in [9.17, 15) is 9.59 Å². The Balaban J connectivity index is 2.27. The van der Waals surface area contributed by atoms with Crippen LogP contribution in [0, 0.1) is 6.92 Å². The Morgan fingerprint density at radius 2 is 1.96 bits per heavy atom. The summed E-state index contributed by atoms with van der Waals surface area (Å²) in [4.78, 5) is 35.8. The van der Waals surface area contributed by atoms with Gasteiger partial charge in [-0.3, -0.25) is 9.59 Å². The van der Waals surface area contributed by atoms with Crippen molar-refractivity contribution in [1.29, 1.82) is 0 Å². The van der Waals surface area contributed by atoms with Gasteiger partial charge in [-0.15, -0.1) is 11.3 Å². The Bertz CT molecular complexity index is 760. The number of amides is 1. The van der Waals surface area contributed by atoms with Gasteiger partial charge in [0.1, 0.15) is 11.2 Å². The molecule has 0 atom stereocenters. The van der Waals surface area contributed by atoms with E-state index in [1.54, 1.807) is 11.8 Å². The Hall–Kier alpha value is -2.22. The number of nitrogens with zero attached hydrogens (tertiary/aromatic N) is 3. The van der Waals surface area contributed by atoms with Crippen LogP contribution < -0.4 is 4.74 Å². The maximum absolute atomic E-state index is 12.9. The van der Waals surface area contributed by atoms with Crippen molar-refractivity contribution in [2.75, 3.05) is 26.3 Å². The van der Waals surface area contributed by atoms with Gasteiger partial charge in [0.05, 0.1) is 29.9 Å². The molecule has 2 heterocycles. The summed E-state index contributed by atoms with van der Waals surface area (Å²) >= 11 is 1.32. The van der Waals surface area contributed by atoms with E-state index in [2.05, 4.69) is 9.97 Å². The molecule has 2 aromatic rings. The highest BCUT2D eigenvalue weighted by Gasteiger charge is 2.23. The van der Waals surface area contributed by atoms with Crippen LogP contribution in [0.15, 0.2) is 6.33 Å². The van der Waals surface area contributed by atoms with E-state index in [-0.39, 0.29) is 18.3 Å². The highest BCUT2D eigenvalue weighted by molar-refractivity contribution is 7.20. The van der Waals surface area contributed by atoms with Gasteiger partial charge in [-0.05, 0) is 33.3 Å². The minimum atomic E-state index is -0.300. The second kappa shape index (κ2) is 8.75. The van der Waals surface area contributed by atoms with Crippen molar-refractivity contribution < 1.29 is 19.1 Å².